The molecule has 1 aromatic rings. The van der Waals surface area contributed by atoms with E-state index in [2.05, 4.69) is 62.8 Å². The average Bonchev–Trinajstić information content (AvgIpc) is 2.78. The van der Waals surface area contributed by atoms with Gasteiger partial charge in [0, 0.05) is 8.90 Å². The third-order valence-electron chi connectivity index (χ3n) is 3.02. The van der Waals surface area contributed by atoms with Gasteiger partial charge in [0.15, 0.2) is 0 Å². The SMILES string of the molecule is Brc1cccc(C(CI)OC2CCCC2)c1. The van der Waals surface area contributed by atoms with Crippen molar-refractivity contribution in [3.63, 3.8) is 0 Å². The van der Waals surface area contributed by atoms with E-state index >= 15 is 0 Å². The summed E-state index contributed by atoms with van der Waals surface area (Å²) in [5, 5.41) is 0. The number of halogens is 2. The predicted molar refractivity (Wildman–Crippen MR) is 79.1 cm³/mol. The Hall–Kier alpha value is 0.390. The van der Waals surface area contributed by atoms with Crippen LogP contribution in [0.1, 0.15) is 37.4 Å². The fraction of sp³-hybridized carbons (Fsp3) is 0.538. The van der Waals surface area contributed by atoms with E-state index in [9.17, 15) is 0 Å². The number of ether oxygens (including phenoxy) is 1. The lowest BCUT2D eigenvalue weighted by atomic mass is 10.1. The molecule has 1 aliphatic carbocycles. The zero-order valence-corrected chi connectivity index (χ0v) is 12.9. The number of rotatable bonds is 4. The highest BCUT2D eigenvalue weighted by atomic mass is 127. The van der Waals surface area contributed by atoms with Crippen molar-refractivity contribution in [3.8, 4) is 0 Å². The Bertz CT molecular complexity index is 336. The molecule has 88 valence electrons. The first-order valence-electron chi connectivity index (χ1n) is 5.76. The summed E-state index contributed by atoms with van der Waals surface area (Å²) in [7, 11) is 0. The van der Waals surface area contributed by atoms with Gasteiger partial charge in [-0.15, -0.1) is 0 Å². The summed E-state index contributed by atoms with van der Waals surface area (Å²) in [5.74, 6) is 0. The Balaban J connectivity index is 2.03. The predicted octanol–water partition coefficient (Wildman–Crippen LogP) is 4.88. The first-order valence-corrected chi connectivity index (χ1v) is 8.08. The van der Waals surface area contributed by atoms with Gasteiger partial charge >= 0.3 is 0 Å². The molecule has 0 amide bonds. The Labute approximate surface area is 119 Å². The van der Waals surface area contributed by atoms with Gasteiger partial charge in [0.25, 0.3) is 0 Å². The highest BCUT2D eigenvalue weighted by Gasteiger charge is 2.20. The number of benzene rings is 1. The lowest BCUT2D eigenvalue weighted by Crippen LogP contribution is -2.14. The average molecular weight is 395 g/mol. The molecule has 1 saturated carbocycles. The van der Waals surface area contributed by atoms with Gasteiger partial charge in [-0.1, -0.05) is 63.5 Å². The third kappa shape index (κ3) is 3.44. The van der Waals surface area contributed by atoms with Crippen LogP contribution >= 0.6 is 38.5 Å². The molecule has 1 unspecified atom stereocenters. The van der Waals surface area contributed by atoms with E-state index in [-0.39, 0.29) is 6.10 Å². The maximum Gasteiger partial charge on any atom is 0.0918 e. The molecule has 3 heteroatoms. The van der Waals surface area contributed by atoms with Crippen LogP contribution in [0.4, 0.5) is 0 Å². The lowest BCUT2D eigenvalue weighted by Gasteiger charge is -2.20. The summed E-state index contributed by atoms with van der Waals surface area (Å²) < 4.78 is 8.33. The molecule has 1 atom stereocenters. The van der Waals surface area contributed by atoms with Crippen molar-refractivity contribution in [1.29, 1.82) is 0 Å². The second-order valence-corrected chi connectivity index (χ2v) is 6.04. The maximum absolute atomic E-state index is 6.17. The van der Waals surface area contributed by atoms with Crippen LogP contribution in [0, 0.1) is 0 Å². The molecule has 0 N–H and O–H groups in total. The summed E-state index contributed by atoms with van der Waals surface area (Å²) in [6, 6.07) is 8.46. The van der Waals surface area contributed by atoms with Crippen molar-refractivity contribution in [2.45, 2.75) is 37.9 Å². The van der Waals surface area contributed by atoms with Gasteiger partial charge in [-0.05, 0) is 30.5 Å². The van der Waals surface area contributed by atoms with Gasteiger partial charge in [0.1, 0.15) is 0 Å². The largest absolute Gasteiger partial charge is 0.369 e. The van der Waals surface area contributed by atoms with Crippen molar-refractivity contribution in [2.75, 3.05) is 4.43 Å². The second kappa shape index (κ2) is 6.36. The molecule has 16 heavy (non-hydrogen) atoms. The summed E-state index contributed by atoms with van der Waals surface area (Å²) in [4.78, 5) is 0. The van der Waals surface area contributed by atoms with Crippen LogP contribution in [0.5, 0.6) is 0 Å². The van der Waals surface area contributed by atoms with Gasteiger partial charge in [-0.3, -0.25) is 0 Å². The summed E-state index contributed by atoms with van der Waals surface area (Å²) >= 11 is 5.93. The van der Waals surface area contributed by atoms with Gasteiger partial charge in [-0.25, -0.2) is 0 Å². The van der Waals surface area contributed by atoms with E-state index in [1.165, 1.54) is 31.2 Å². The Morgan fingerprint density at radius 3 is 2.75 bits per heavy atom. The highest BCUT2D eigenvalue weighted by molar-refractivity contribution is 14.1. The fourth-order valence-electron chi connectivity index (χ4n) is 2.17. The van der Waals surface area contributed by atoms with Crippen LogP contribution in [0.3, 0.4) is 0 Å². The van der Waals surface area contributed by atoms with E-state index in [0.717, 1.165) is 8.90 Å². The monoisotopic (exact) mass is 394 g/mol. The second-order valence-electron chi connectivity index (χ2n) is 4.24. The Morgan fingerprint density at radius 1 is 1.38 bits per heavy atom. The molecule has 0 saturated heterocycles. The highest BCUT2D eigenvalue weighted by Crippen LogP contribution is 2.30. The fourth-order valence-corrected chi connectivity index (χ4v) is 3.30. The topological polar surface area (TPSA) is 9.23 Å². The Kier molecular flexibility index (Phi) is 5.10. The van der Waals surface area contributed by atoms with E-state index in [1.807, 2.05) is 0 Å². The molecule has 0 radical (unpaired) electrons. The van der Waals surface area contributed by atoms with Gasteiger partial charge < -0.3 is 4.74 Å². The van der Waals surface area contributed by atoms with Gasteiger partial charge in [0.05, 0.1) is 12.2 Å². The lowest BCUT2D eigenvalue weighted by molar-refractivity contribution is 0.00523. The smallest absolute Gasteiger partial charge is 0.0918 e. The summed E-state index contributed by atoms with van der Waals surface area (Å²) in [6.45, 7) is 0. The van der Waals surface area contributed by atoms with E-state index < -0.39 is 0 Å². The minimum Gasteiger partial charge on any atom is -0.369 e. The van der Waals surface area contributed by atoms with Crippen molar-refractivity contribution in [2.24, 2.45) is 0 Å². The van der Waals surface area contributed by atoms with Crippen molar-refractivity contribution in [3.05, 3.63) is 34.3 Å². The molecule has 0 bridgehead atoms. The van der Waals surface area contributed by atoms with Gasteiger partial charge in [0.2, 0.25) is 0 Å². The van der Waals surface area contributed by atoms with Crippen LogP contribution in [0.15, 0.2) is 28.7 Å². The molecular weight excluding hydrogens is 379 g/mol. The molecule has 0 spiro atoms. The third-order valence-corrected chi connectivity index (χ3v) is 4.31. The van der Waals surface area contributed by atoms with Gasteiger partial charge in [-0.2, -0.15) is 0 Å². The van der Waals surface area contributed by atoms with Crippen LogP contribution < -0.4 is 0 Å². The van der Waals surface area contributed by atoms with Crippen molar-refractivity contribution < 1.29 is 4.74 Å². The van der Waals surface area contributed by atoms with Crippen LogP contribution in [0.2, 0.25) is 0 Å². The van der Waals surface area contributed by atoms with Crippen molar-refractivity contribution in [1.82, 2.24) is 0 Å². The van der Waals surface area contributed by atoms with E-state index in [1.54, 1.807) is 0 Å². The minimum atomic E-state index is 0.251. The normalized spacial score (nSPS) is 18.9. The molecule has 0 aliphatic heterocycles. The van der Waals surface area contributed by atoms with E-state index in [0.29, 0.717) is 6.10 Å². The molecule has 1 nitrogen and oxygen atoms in total. The maximum atomic E-state index is 6.17. The first kappa shape index (κ1) is 12.8. The molecule has 0 aromatic heterocycles. The standard InChI is InChI=1S/C13H16BrIO/c14-11-5-3-4-10(8-11)13(9-15)16-12-6-1-2-7-12/h3-5,8,12-13H,1-2,6-7,9H2. The molecule has 1 aromatic carbocycles. The molecular formula is C13H16BrIO. The summed E-state index contributed by atoms with van der Waals surface area (Å²) in [6.07, 6.45) is 5.87. The number of hydrogen-bond donors (Lipinski definition) is 0. The van der Waals surface area contributed by atoms with Crippen molar-refractivity contribution >= 4 is 38.5 Å². The zero-order valence-electron chi connectivity index (χ0n) is 9.16. The molecule has 0 heterocycles. The van der Waals surface area contributed by atoms with Crippen LogP contribution in [-0.4, -0.2) is 10.5 Å². The molecule has 1 aliphatic rings. The van der Waals surface area contributed by atoms with Crippen LogP contribution in [0.25, 0.3) is 0 Å². The van der Waals surface area contributed by atoms with Crippen LogP contribution in [-0.2, 0) is 4.74 Å². The minimum absolute atomic E-state index is 0.251. The Morgan fingerprint density at radius 2 is 2.12 bits per heavy atom. The first-order chi connectivity index (χ1) is 7.79. The quantitative estimate of drug-likeness (QED) is 0.522. The molecule has 2 rings (SSSR count). The summed E-state index contributed by atoms with van der Waals surface area (Å²) in [5.41, 5.74) is 1.29. The van der Waals surface area contributed by atoms with E-state index in [4.69, 9.17) is 4.74 Å². The number of hydrogen-bond acceptors (Lipinski definition) is 1. The molecule has 1 fully saturated rings. The number of alkyl halides is 1. The zero-order chi connectivity index (χ0) is 11.4.